The zero-order valence-electron chi connectivity index (χ0n) is 42.5. The van der Waals surface area contributed by atoms with Crippen LogP contribution in [0.1, 0.15) is 126 Å². The Morgan fingerprint density at radius 3 is 0.944 bits per heavy atom. The summed E-state index contributed by atoms with van der Waals surface area (Å²) in [5, 5.41) is 20.9. The lowest BCUT2D eigenvalue weighted by molar-refractivity contribution is 0.416. The van der Waals surface area contributed by atoms with Gasteiger partial charge in [0.1, 0.15) is 5.75 Å². The summed E-state index contributed by atoms with van der Waals surface area (Å²) in [7, 11) is 1.79. The monoisotopic (exact) mass is 920 g/mol. The van der Waals surface area contributed by atoms with E-state index >= 15 is 0 Å². The molecule has 348 valence electrons. The molecule has 2 atom stereocenters. The summed E-state index contributed by atoms with van der Waals surface area (Å²) in [5.74, 6) is 3.19. The van der Waals surface area contributed by atoms with Crippen LogP contribution in [0.15, 0.2) is 146 Å². The maximum absolute atomic E-state index is 5.97. The molecule has 0 N–H and O–H groups in total. The molecule has 0 fully saturated rings. The second kappa shape index (κ2) is 15.3. The largest absolute Gasteiger partial charge is 0.497 e. The zero-order chi connectivity index (χ0) is 48.3. The van der Waals surface area contributed by atoms with Gasteiger partial charge in [-0.15, -0.1) is 0 Å². The first-order chi connectivity index (χ1) is 34.4. The van der Waals surface area contributed by atoms with Crippen LogP contribution in [0.2, 0.25) is 0 Å². The van der Waals surface area contributed by atoms with Crippen molar-refractivity contribution in [3.8, 4) is 5.75 Å². The summed E-state index contributed by atoms with van der Waals surface area (Å²) < 4.78 is 11.0. The van der Waals surface area contributed by atoms with E-state index in [1.54, 1.807) is 7.11 Å². The van der Waals surface area contributed by atoms with Gasteiger partial charge in [0.15, 0.2) is 0 Å². The minimum atomic E-state index is 0.430. The predicted octanol–water partition coefficient (Wildman–Crippen LogP) is 19.7. The molecule has 0 saturated carbocycles. The van der Waals surface area contributed by atoms with Crippen LogP contribution >= 0.6 is 0 Å². The van der Waals surface area contributed by atoms with E-state index in [1.807, 2.05) is 0 Å². The average molecular weight is 921 g/mol. The van der Waals surface area contributed by atoms with E-state index in [4.69, 9.17) is 4.74 Å². The highest BCUT2D eigenvalue weighted by atomic mass is 16.5. The third-order valence-corrected chi connectivity index (χ3v) is 17.1. The Labute approximate surface area is 414 Å². The summed E-state index contributed by atoms with van der Waals surface area (Å²) in [6.45, 7) is 18.6. The number of benzene rings is 10. The van der Waals surface area contributed by atoms with Crippen molar-refractivity contribution >= 4 is 119 Å². The Bertz CT molecular complexity index is 4520. The van der Waals surface area contributed by atoms with Crippen LogP contribution in [0, 0.1) is 0 Å². The Hall–Kier alpha value is -7.36. The van der Waals surface area contributed by atoms with Crippen molar-refractivity contribution in [2.75, 3.05) is 7.11 Å². The second-order valence-corrected chi connectivity index (χ2v) is 22.5. The van der Waals surface area contributed by atoms with E-state index in [0.717, 1.165) is 18.6 Å². The Balaban J connectivity index is 0.790. The first-order valence-electron chi connectivity index (χ1n) is 26.2. The molecule has 10 aromatic carbocycles. The fourth-order valence-corrected chi connectivity index (χ4v) is 12.7. The maximum atomic E-state index is 5.97. The van der Waals surface area contributed by atoms with Crippen molar-refractivity contribution < 1.29 is 4.74 Å². The van der Waals surface area contributed by atoms with Crippen LogP contribution in [-0.4, -0.2) is 15.9 Å². The van der Waals surface area contributed by atoms with Crippen LogP contribution in [0.25, 0.3) is 119 Å². The van der Waals surface area contributed by atoms with E-state index < -0.39 is 0 Å². The zero-order valence-corrected chi connectivity index (χ0v) is 42.5. The van der Waals surface area contributed by atoms with Gasteiger partial charge >= 0.3 is 0 Å². The van der Waals surface area contributed by atoms with Crippen LogP contribution < -0.4 is 4.74 Å². The molecule has 14 aromatic rings. The van der Waals surface area contributed by atoms with Gasteiger partial charge in [-0.3, -0.25) is 0 Å². The number of aromatic nitrogens is 2. The van der Waals surface area contributed by atoms with Gasteiger partial charge in [0, 0.05) is 43.1 Å². The van der Waals surface area contributed by atoms with E-state index in [2.05, 4.69) is 210 Å². The maximum Gasteiger partial charge on any atom is 0.120 e. The SMILES string of the molecule is COc1cc2c3cc4cc(C(C)C)ccc4cc3n3c4cc5ccc(C(C)CCC(C)c6ccc7cc8c(cc7c6)c6cc(C(C)C)cc7c9cc%10cc(C(C)C)ccc%10cc9n8c76)cc5cc4c(c1)c23. The molecule has 0 aliphatic carbocycles. The summed E-state index contributed by atoms with van der Waals surface area (Å²) in [4.78, 5) is 0. The summed E-state index contributed by atoms with van der Waals surface area (Å²) in [6, 6.07) is 57.3. The number of rotatable bonds is 9. The fraction of sp³-hybridized carbons (Fsp3) is 0.235. The molecule has 71 heavy (non-hydrogen) atoms. The topological polar surface area (TPSA) is 18.1 Å². The lowest BCUT2D eigenvalue weighted by Crippen LogP contribution is -1.99. The molecule has 0 aliphatic rings. The van der Waals surface area contributed by atoms with Crippen molar-refractivity contribution in [3.05, 3.63) is 173 Å². The van der Waals surface area contributed by atoms with E-state index in [-0.39, 0.29) is 0 Å². The minimum Gasteiger partial charge on any atom is -0.497 e. The summed E-state index contributed by atoms with van der Waals surface area (Å²) >= 11 is 0. The lowest BCUT2D eigenvalue weighted by atomic mass is 9.87. The first kappa shape index (κ1) is 42.5. The van der Waals surface area contributed by atoms with Gasteiger partial charge in [0.25, 0.3) is 0 Å². The second-order valence-electron chi connectivity index (χ2n) is 22.5. The van der Waals surface area contributed by atoms with Crippen LogP contribution in [0.4, 0.5) is 0 Å². The van der Waals surface area contributed by atoms with E-state index in [1.165, 1.54) is 147 Å². The smallest absolute Gasteiger partial charge is 0.120 e. The molecule has 0 saturated heterocycles. The van der Waals surface area contributed by atoms with Crippen molar-refractivity contribution in [1.29, 1.82) is 0 Å². The Morgan fingerprint density at radius 1 is 0.310 bits per heavy atom. The number of nitrogens with zero attached hydrogens (tertiary/aromatic N) is 2. The van der Waals surface area contributed by atoms with Gasteiger partial charge in [-0.1, -0.05) is 128 Å². The van der Waals surface area contributed by atoms with Crippen molar-refractivity contribution in [2.24, 2.45) is 0 Å². The number of hydrogen-bond donors (Lipinski definition) is 0. The molecular weight excluding hydrogens is 861 g/mol. The molecule has 0 radical (unpaired) electrons. The van der Waals surface area contributed by atoms with Gasteiger partial charge in [0.05, 0.1) is 40.2 Å². The van der Waals surface area contributed by atoms with Gasteiger partial charge in [0.2, 0.25) is 0 Å². The lowest BCUT2D eigenvalue weighted by Gasteiger charge is -2.17. The number of ether oxygens (including phenoxy) is 1. The Morgan fingerprint density at radius 2 is 0.620 bits per heavy atom. The molecule has 0 aliphatic heterocycles. The van der Waals surface area contributed by atoms with Gasteiger partial charge in [-0.25, -0.2) is 0 Å². The molecule has 14 rings (SSSR count). The quantitative estimate of drug-likeness (QED) is 0.141. The number of methoxy groups -OCH3 is 1. The molecule has 0 spiro atoms. The van der Waals surface area contributed by atoms with Crippen molar-refractivity contribution in [2.45, 2.75) is 97.8 Å². The number of hydrogen-bond acceptors (Lipinski definition) is 1. The minimum absolute atomic E-state index is 0.430. The van der Waals surface area contributed by atoms with Gasteiger partial charge in [-0.2, -0.15) is 0 Å². The molecule has 0 bridgehead atoms. The highest BCUT2D eigenvalue weighted by Gasteiger charge is 2.23. The summed E-state index contributed by atoms with van der Waals surface area (Å²) in [5.41, 5.74) is 14.7. The molecule has 2 unspecified atom stereocenters. The van der Waals surface area contributed by atoms with Crippen molar-refractivity contribution in [1.82, 2.24) is 8.80 Å². The van der Waals surface area contributed by atoms with Crippen molar-refractivity contribution in [3.63, 3.8) is 0 Å². The highest BCUT2D eigenvalue weighted by Crippen LogP contribution is 2.46. The third kappa shape index (κ3) is 6.27. The van der Waals surface area contributed by atoms with Crippen LogP contribution in [-0.2, 0) is 0 Å². The van der Waals surface area contributed by atoms with E-state index in [9.17, 15) is 0 Å². The fourth-order valence-electron chi connectivity index (χ4n) is 12.7. The first-order valence-corrected chi connectivity index (χ1v) is 26.2. The Kier molecular flexibility index (Phi) is 9.17. The molecular formula is C68H60N2O. The molecule has 4 aromatic heterocycles. The molecule has 3 nitrogen and oxygen atoms in total. The number of fused-ring (bicyclic) bond motifs is 16. The van der Waals surface area contributed by atoms with Gasteiger partial charge in [-0.05, 0) is 186 Å². The van der Waals surface area contributed by atoms with Crippen LogP contribution in [0.5, 0.6) is 5.75 Å². The average Bonchev–Trinajstić information content (AvgIpc) is 4.09. The molecule has 3 heteroatoms. The molecule has 4 heterocycles. The van der Waals surface area contributed by atoms with Crippen LogP contribution in [0.3, 0.4) is 0 Å². The predicted molar refractivity (Wildman–Crippen MR) is 307 cm³/mol. The van der Waals surface area contributed by atoms with Gasteiger partial charge < -0.3 is 13.5 Å². The summed E-state index contributed by atoms with van der Waals surface area (Å²) in [6.07, 6.45) is 2.25. The van der Waals surface area contributed by atoms with E-state index in [0.29, 0.717) is 29.6 Å². The standard InChI is InChI=1S/C68H60N2O/c1-36(2)41-12-16-45-30-63-55(26-50(45)20-41)59-24-49(38(5)6)25-60-56-28-52-22-43(14-18-47(52)32-64(56)69(63)67(59)60)39(7)10-11-40(8)44-15-19-48-33-66-58(29-53(48)23-44)62-35-54(71-9)34-61-57-27-51-21-42(37(3)4)13-17-46(51)31-65(57)70(66)68(61)62/h12-40H,10-11H2,1-9H3. The normalized spacial score (nSPS) is 13.8. The molecule has 0 amide bonds. The third-order valence-electron chi connectivity index (χ3n) is 17.1. The highest BCUT2D eigenvalue weighted by molar-refractivity contribution is 6.28.